The molecule has 0 aromatic heterocycles. The third-order valence-corrected chi connectivity index (χ3v) is 6.59. The van der Waals surface area contributed by atoms with Crippen molar-refractivity contribution in [3.05, 3.63) is 53.8 Å². The van der Waals surface area contributed by atoms with Gasteiger partial charge < -0.3 is 15.4 Å². The lowest BCUT2D eigenvalue weighted by Crippen LogP contribution is -2.40. The van der Waals surface area contributed by atoms with E-state index in [1.54, 1.807) is 30.3 Å². The number of morpholine rings is 1. The Labute approximate surface area is 172 Å². The van der Waals surface area contributed by atoms with Gasteiger partial charge in [-0.25, -0.2) is 12.8 Å². The highest BCUT2D eigenvalue weighted by Crippen LogP contribution is 2.28. The van der Waals surface area contributed by atoms with Crippen LogP contribution in [-0.4, -0.2) is 45.6 Å². The van der Waals surface area contributed by atoms with Gasteiger partial charge in [0.15, 0.2) is 0 Å². The molecule has 2 aromatic rings. The molecule has 1 heterocycles. The fourth-order valence-corrected chi connectivity index (χ4v) is 4.47. The van der Waals surface area contributed by atoms with Crippen LogP contribution >= 0.6 is 0 Å². The molecule has 158 valence electrons. The van der Waals surface area contributed by atoms with Crippen molar-refractivity contribution >= 4 is 21.4 Å². The third-order valence-electron chi connectivity index (χ3n) is 4.70. The van der Waals surface area contributed by atoms with Crippen LogP contribution in [0.4, 0.5) is 15.8 Å². The number of nitrogens with one attached hydrogen (secondary N) is 2. The second-order valence-electron chi connectivity index (χ2n) is 7.48. The van der Waals surface area contributed by atoms with E-state index in [9.17, 15) is 12.8 Å². The standard InChI is InChI=1S/C21H28FN3O3S/c1-16(2)14-23-20-8-7-19(29(26,27)25-9-11-28-12-10-25)13-21(20)24-15-17-3-5-18(22)6-4-17/h3-8,13,16,23-24H,9-12,14-15H2,1-2H3. The molecule has 3 rings (SSSR count). The smallest absolute Gasteiger partial charge is 0.243 e. The summed E-state index contributed by atoms with van der Waals surface area (Å²) in [7, 11) is -3.59. The predicted octanol–water partition coefficient (Wildman–Crippen LogP) is 3.53. The van der Waals surface area contributed by atoms with Gasteiger partial charge in [0.25, 0.3) is 0 Å². The van der Waals surface area contributed by atoms with Gasteiger partial charge in [0, 0.05) is 26.2 Å². The van der Waals surface area contributed by atoms with Gasteiger partial charge in [-0.15, -0.1) is 0 Å². The molecule has 8 heteroatoms. The van der Waals surface area contributed by atoms with Crippen molar-refractivity contribution in [3.8, 4) is 0 Å². The maximum atomic E-state index is 13.1. The molecule has 2 N–H and O–H groups in total. The Morgan fingerprint density at radius 1 is 1.03 bits per heavy atom. The predicted molar refractivity (Wildman–Crippen MR) is 113 cm³/mol. The van der Waals surface area contributed by atoms with Crippen LogP contribution in [0.3, 0.4) is 0 Å². The Balaban J connectivity index is 1.85. The molecule has 1 saturated heterocycles. The van der Waals surface area contributed by atoms with Crippen LogP contribution in [0.2, 0.25) is 0 Å². The molecule has 2 aromatic carbocycles. The molecule has 1 aliphatic heterocycles. The maximum Gasteiger partial charge on any atom is 0.243 e. The quantitative estimate of drug-likeness (QED) is 0.682. The molecular weight excluding hydrogens is 393 g/mol. The lowest BCUT2D eigenvalue weighted by atomic mass is 10.2. The minimum absolute atomic E-state index is 0.246. The summed E-state index contributed by atoms with van der Waals surface area (Å²) in [6.07, 6.45) is 0. The van der Waals surface area contributed by atoms with Crippen LogP contribution in [0.1, 0.15) is 19.4 Å². The van der Waals surface area contributed by atoms with Crippen molar-refractivity contribution in [2.75, 3.05) is 43.5 Å². The number of nitrogens with zero attached hydrogens (tertiary/aromatic N) is 1. The van der Waals surface area contributed by atoms with Crippen molar-refractivity contribution in [2.45, 2.75) is 25.3 Å². The molecule has 0 aliphatic carbocycles. The van der Waals surface area contributed by atoms with E-state index in [0.29, 0.717) is 44.5 Å². The van der Waals surface area contributed by atoms with E-state index >= 15 is 0 Å². The molecule has 29 heavy (non-hydrogen) atoms. The molecule has 0 unspecified atom stereocenters. The fourth-order valence-electron chi connectivity index (χ4n) is 3.03. The van der Waals surface area contributed by atoms with Gasteiger partial charge in [0.1, 0.15) is 5.82 Å². The number of benzene rings is 2. The zero-order chi connectivity index (χ0) is 20.9. The summed E-state index contributed by atoms with van der Waals surface area (Å²) in [6.45, 7) is 6.96. The van der Waals surface area contributed by atoms with E-state index in [1.807, 2.05) is 0 Å². The van der Waals surface area contributed by atoms with E-state index in [1.165, 1.54) is 16.4 Å². The summed E-state index contributed by atoms with van der Waals surface area (Å²) in [6, 6.07) is 11.3. The minimum atomic E-state index is -3.59. The van der Waals surface area contributed by atoms with Gasteiger partial charge in [-0.05, 0) is 41.8 Å². The second-order valence-corrected chi connectivity index (χ2v) is 9.42. The Morgan fingerprint density at radius 3 is 2.38 bits per heavy atom. The topological polar surface area (TPSA) is 70.7 Å². The number of halogens is 1. The van der Waals surface area contributed by atoms with Crippen molar-refractivity contribution in [2.24, 2.45) is 5.92 Å². The SMILES string of the molecule is CC(C)CNc1ccc(S(=O)(=O)N2CCOCC2)cc1NCc1ccc(F)cc1. The lowest BCUT2D eigenvalue weighted by Gasteiger charge is -2.26. The van der Waals surface area contributed by atoms with Crippen molar-refractivity contribution in [1.29, 1.82) is 0 Å². The van der Waals surface area contributed by atoms with Gasteiger partial charge >= 0.3 is 0 Å². The number of rotatable bonds is 8. The van der Waals surface area contributed by atoms with Gasteiger partial charge in [-0.2, -0.15) is 4.31 Å². The zero-order valence-corrected chi connectivity index (χ0v) is 17.6. The van der Waals surface area contributed by atoms with Gasteiger partial charge in [-0.3, -0.25) is 0 Å². The first kappa shape index (κ1) is 21.5. The molecular formula is C21H28FN3O3S. The lowest BCUT2D eigenvalue weighted by molar-refractivity contribution is 0.0730. The Morgan fingerprint density at radius 2 is 1.72 bits per heavy atom. The average molecular weight is 422 g/mol. The first-order chi connectivity index (χ1) is 13.9. The van der Waals surface area contributed by atoms with Crippen LogP contribution < -0.4 is 10.6 Å². The summed E-state index contributed by atoms with van der Waals surface area (Å²) >= 11 is 0. The van der Waals surface area contributed by atoms with Crippen molar-refractivity contribution < 1.29 is 17.5 Å². The molecule has 0 bridgehead atoms. The summed E-state index contributed by atoms with van der Waals surface area (Å²) in [4.78, 5) is 0.246. The van der Waals surface area contributed by atoms with E-state index in [4.69, 9.17) is 4.74 Å². The molecule has 0 amide bonds. The molecule has 1 fully saturated rings. The van der Waals surface area contributed by atoms with Gasteiger partial charge in [0.05, 0.1) is 29.5 Å². The van der Waals surface area contributed by atoms with Crippen molar-refractivity contribution in [3.63, 3.8) is 0 Å². The fraction of sp³-hybridized carbons (Fsp3) is 0.429. The normalized spacial score (nSPS) is 15.4. The van der Waals surface area contributed by atoms with Crippen LogP contribution in [0.15, 0.2) is 47.4 Å². The second kappa shape index (κ2) is 9.56. The van der Waals surface area contributed by atoms with E-state index in [0.717, 1.165) is 17.8 Å². The Kier molecular flexibility index (Phi) is 7.10. The van der Waals surface area contributed by atoms with Gasteiger partial charge in [0.2, 0.25) is 10.0 Å². The van der Waals surface area contributed by atoms with Crippen LogP contribution in [-0.2, 0) is 21.3 Å². The maximum absolute atomic E-state index is 13.1. The number of sulfonamides is 1. The number of hydrogen-bond donors (Lipinski definition) is 2. The first-order valence-corrected chi connectivity index (χ1v) is 11.2. The highest BCUT2D eigenvalue weighted by Gasteiger charge is 2.27. The monoisotopic (exact) mass is 421 g/mol. The summed E-state index contributed by atoms with van der Waals surface area (Å²) < 4.78 is 45.9. The van der Waals surface area contributed by atoms with E-state index in [2.05, 4.69) is 24.5 Å². The van der Waals surface area contributed by atoms with Crippen LogP contribution in [0, 0.1) is 11.7 Å². The van der Waals surface area contributed by atoms with E-state index < -0.39 is 10.0 Å². The molecule has 0 saturated carbocycles. The Hall–Kier alpha value is -2.16. The molecule has 1 aliphatic rings. The molecule has 0 atom stereocenters. The number of ether oxygens (including phenoxy) is 1. The van der Waals surface area contributed by atoms with Gasteiger partial charge in [-0.1, -0.05) is 26.0 Å². The molecule has 6 nitrogen and oxygen atoms in total. The summed E-state index contributed by atoms with van der Waals surface area (Å²) in [5.74, 6) is 0.156. The number of anilines is 2. The van der Waals surface area contributed by atoms with Crippen LogP contribution in [0.25, 0.3) is 0 Å². The Bertz CT molecular complexity index is 911. The average Bonchev–Trinajstić information content (AvgIpc) is 2.72. The van der Waals surface area contributed by atoms with Crippen molar-refractivity contribution in [1.82, 2.24) is 4.31 Å². The molecule has 0 spiro atoms. The largest absolute Gasteiger partial charge is 0.383 e. The summed E-state index contributed by atoms with van der Waals surface area (Å²) in [5.41, 5.74) is 2.44. The highest BCUT2D eigenvalue weighted by molar-refractivity contribution is 7.89. The zero-order valence-electron chi connectivity index (χ0n) is 16.8. The highest BCUT2D eigenvalue weighted by atomic mass is 32.2. The molecule has 0 radical (unpaired) electrons. The van der Waals surface area contributed by atoms with Crippen LogP contribution in [0.5, 0.6) is 0 Å². The third kappa shape index (κ3) is 5.68. The minimum Gasteiger partial charge on any atom is -0.383 e. The van der Waals surface area contributed by atoms with E-state index in [-0.39, 0.29) is 10.7 Å². The number of hydrogen-bond acceptors (Lipinski definition) is 5. The first-order valence-electron chi connectivity index (χ1n) is 9.80. The summed E-state index contributed by atoms with van der Waals surface area (Å²) in [5, 5.41) is 6.66.